The molecule has 4 aromatic rings. The van der Waals surface area contributed by atoms with E-state index in [1.807, 2.05) is 18.2 Å². The maximum atomic E-state index is 14.8. The molecule has 7 atom stereocenters. The molecule has 1 aliphatic heterocycles. The van der Waals surface area contributed by atoms with Crippen molar-refractivity contribution in [3.8, 4) is 5.75 Å². The van der Waals surface area contributed by atoms with Crippen LogP contribution in [0.15, 0.2) is 85.1 Å². The number of carbonyl (C=O) groups is 9. The lowest BCUT2D eigenvalue weighted by molar-refractivity contribution is -0.136. The molecule has 5 rings (SSSR count). The normalized spacial score (nSPS) is 20.6. The Labute approximate surface area is 456 Å². The van der Waals surface area contributed by atoms with E-state index in [1.54, 1.807) is 42.6 Å². The number of aromatic hydroxyl groups is 1. The maximum Gasteiger partial charge on any atom is 0.243 e. The van der Waals surface area contributed by atoms with Crippen molar-refractivity contribution in [1.82, 2.24) is 58.2 Å². The van der Waals surface area contributed by atoms with Gasteiger partial charge in [-0.05, 0) is 79.8 Å². The smallest absolute Gasteiger partial charge is 0.243 e. The highest BCUT2D eigenvalue weighted by molar-refractivity contribution is 5.99. The quantitative estimate of drug-likeness (QED) is 0.0292. The fourth-order valence-electron chi connectivity index (χ4n) is 8.79. The second kappa shape index (κ2) is 30.5. The summed E-state index contributed by atoms with van der Waals surface area (Å²) in [5, 5.41) is 52.6. The van der Waals surface area contributed by atoms with E-state index in [-0.39, 0.29) is 102 Å². The van der Waals surface area contributed by atoms with Crippen molar-refractivity contribution in [1.29, 1.82) is 10.8 Å². The zero-order valence-corrected chi connectivity index (χ0v) is 43.9. The lowest BCUT2D eigenvalue weighted by atomic mass is 10.0. The van der Waals surface area contributed by atoms with Crippen molar-refractivity contribution in [3.05, 3.63) is 102 Å². The molecule has 79 heavy (non-hydrogen) atoms. The molecule has 26 nitrogen and oxygen atoms in total. The van der Waals surface area contributed by atoms with Crippen LogP contribution in [-0.4, -0.2) is 137 Å². The average molecular weight is 1090 g/mol. The Morgan fingerprint density at radius 2 is 1.23 bits per heavy atom. The molecule has 20 N–H and O–H groups in total. The zero-order chi connectivity index (χ0) is 57.4. The van der Waals surface area contributed by atoms with Gasteiger partial charge < -0.3 is 80.5 Å². The Morgan fingerprint density at radius 3 is 1.86 bits per heavy atom. The number of carbonyl (C=O) groups excluding carboxylic acids is 9. The Hall–Kier alpha value is -9.23. The Morgan fingerprint density at radius 1 is 0.671 bits per heavy atom. The number of nitrogens with two attached hydrogens (primary N) is 3. The van der Waals surface area contributed by atoms with Crippen molar-refractivity contribution in [2.24, 2.45) is 17.2 Å². The standard InChI is InChI=1S/C53H72N16O10/c1-30(70)63-38(16-9-23-60-52(55)56)46(74)69-43-28-44(72)59-22-8-7-15-37(45(54)73)64-50(78)42(27-33-29-62-36-14-6-5-13-35(33)36)68-47(75)39(17-10-24-61-53(57)58)65-48(76)40(25-31-11-3-2-4-12-31)66-49(77)41(67-51(43)79)26-32-18-20-34(71)21-19-32/h2-6,11-14,18-21,29,37-43,62,71H,7-10,15-17,22-28H2,1H3,(H2,54,73)(H,59,72)(H,63,70)(H,64,78)(H,65,76)(H,66,77)(H,67,79)(H,68,75)(H,69,74)(H4,55,56,60)(H4,57,58,61)/t37?,38-,39-,40+,41-,42-,43-/m0/s1. The number of hydrogen-bond acceptors (Lipinski definition) is 12. The summed E-state index contributed by atoms with van der Waals surface area (Å²) in [7, 11) is 0. The van der Waals surface area contributed by atoms with E-state index in [2.05, 4.69) is 58.2 Å². The van der Waals surface area contributed by atoms with E-state index >= 15 is 0 Å². The van der Waals surface area contributed by atoms with Crippen LogP contribution < -0.4 is 70.4 Å². The molecule has 0 radical (unpaired) electrons. The molecule has 1 saturated heterocycles. The van der Waals surface area contributed by atoms with Crippen LogP contribution in [-0.2, 0) is 62.4 Å². The number of phenols is 1. The monoisotopic (exact) mass is 1090 g/mol. The number of amides is 9. The van der Waals surface area contributed by atoms with E-state index in [4.69, 9.17) is 28.0 Å². The van der Waals surface area contributed by atoms with E-state index in [0.29, 0.717) is 16.7 Å². The molecule has 0 spiro atoms. The lowest BCUT2D eigenvalue weighted by Crippen LogP contribution is -2.61. The van der Waals surface area contributed by atoms with Crippen LogP contribution in [0.25, 0.3) is 10.9 Å². The second-order valence-corrected chi connectivity index (χ2v) is 19.2. The molecule has 9 amide bonds. The molecule has 26 heteroatoms. The van der Waals surface area contributed by atoms with Crippen molar-refractivity contribution in [3.63, 3.8) is 0 Å². The lowest BCUT2D eigenvalue weighted by Gasteiger charge is -2.28. The number of phenolic OH excluding ortho intramolecular Hbond substituents is 1. The summed E-state index contributed by atoms with van der Waals surface area (Å²) in [6.45, 7) is 1.44. The van der Waals surface area contributed by atoms with Gasteiger partial charge in [0.05, 0.1) is 6.42 Å². The van der Waals surface area contributed by atoms with E-state index < -0.39 is 102 Å². The molecule has 424 valence electrons. The third-order valence-electron chi connectivity index (χ3n) is 12.9. The topological polar surface area (TPSA) is 436 Å². The first-order chi connectivity index (χ1) is 37.8. The number of para-hydroxylation sites is 1. The Balaban J connectivity index is 1.56. The van der Waals surface area contributed by atoms with Gasteiger partial charge in [-0.2, -0.15) is 0 Å². The number of aromatic nitrogens is 1. The van der Waals surface area contributed by atoms with Crippen LogP contribution in [0.2, 0.25) is 0 Å². The first-order valence-electron chi connectivity index (χ1n) is 25.9. The van der Waals surface area contributed by atoms with Crippen LogP contribution in [0.3, 0.4) is 0 Å². The maximum absolute atomic E-state index is 14.8. The Bertz CT molecular complexity index is 2790. The van der Waals surface area contributed by atoms with Gasteiger partial charge in [0.1, 0.15) is 48.0 Å². The fourth-order valence-corrected chi connectivity index (χ4v) is 8.79. The molecule has 1 fully saturated rings. The SMILES string of the molecule is CC(=O)N[C@@H](CCCNC(=N)N)C(=O)N[C@H]1CC(=O)NCCCCC(C(N)=O)NC(=O)[C@H](Cc2c[nH]c3ccccc23)NC(=O)[C@H](CCCNC(=N)N)NC(=O)[C@@H](Cc2ccccc2)NC(=O)[C@H](Cc2ccc(O)cc2)NC1=O. The molecule has 2 heterocycles. The number of guanidine groups is 2. The first kappa shape index (κ1) is 60.6. The predicted octanol–water partition coefficient (Wildman–Crippen LogP) is -1.98. The van der Waals surface area contributed by atoms with E-state index in [1.165, 1.54) is 31.2 Å². The number of nitrogens with one attached hydrogen (secondary N) is 13. The molecule has 0 saturated carbocycles. The largest absolute Gasteiger partial charge is 0.508 e. The van der Waals surface area contributed by atoms with Gasteiger partial charge in [0.2, 0.25) is 53.2 Å². The fraction of sp³-hybridized carbons (Fsp3) is 0.415. The minimum absolute atomic E-state index is 0.00347. The summed E-state index contributed by atoms with van der Waals surface area (Å²) in [6, 6.07) is 11.7. The van der Waals surface area contributed by atoms with Crippen LogP contribution in [0.1, 0.15) is 75.0 Å². The predicted molar refractivity (Wildman–Crippen MR) is 292 cm³/mol. The van der Waals surface area contributed by atoms with E-state index in [0.717, 1.165) is 10.9 Å². The van der Waals surface area contributed by atoms with E-state index in [9.17, 15) is 48.3 Å². The minimum atomic E-state index is -1.68. The molecule has 1 aromatic heterocycles. The molecular weight excluding hydrogens is 1020 g/mol. The molecule has 3 aromatic carbocycles. The van der Waals surface area contributed by atoms with Crippen molar-refractivity contribution in [2.75, 3.05) is 19.6 Å². The van der Waals surface area contributed by atoms with Gasteiger partial charge >= 0.3 is 0 Å². The summed E-state index contributed by atoms with van der Waals surface area (Å²) in [6.07, 6.45) is 1.33. The third-order valence-corrected chi connectivity index (χ3v) is 12.9. The van der Waals surface area contributed by atoms with Crippen molar-refractivity contribution in [2.45, 2.75) is 120 Å². The number of aromatic amines is 1. The summed E-state index contributed by atoms with van der Waals surface area (Å²) in [4.78, 5) is 129. The summed E-state index contributed by atoms with van der Waals surface area (Å²) in [5.41, 5.74) is 19.1. The van der Waals surface area contributed by atoms with Crippen LogP contribution in [0, 0.1) is 10.8 Å². The van der Waals surface area contributed by atoms with Gasteiger partial charge in [-0.25, -0.2) is 0 Å². The number of rotatable bonds is 18. The van der Waals surface area contributed by atoms with Crippen LogP contribution in [0.4, 0.5) is 0 Å². The first-order valence-corrected chi connectivity index (χ1v) is 25.9. The highest BCUT2D eigenvalue weighted by Gasteiger charge is 2.35. The highest BCUT2D eigenvalue weighted by atomic mass is 16.3. The number of primary amides is 1. The van der Waals surface area contributed by atoms with Gasteiger partial charge in [-0.1, -0.05) is 60.7 Å². The minimum Gasteiger partial charge on any atom is -0.508 e. The van der Waals surface area contributed by atoms with Gasteiger partial charge in [0.25, 0.3) is 0 Å². The van der Waals surface area contributed by atoms with Crippen molar-refractivity contribution >= 4 is 76.0 Å². The second-order valence-electron chi connectivity index (χ2n) is 19.2. The number of hydrogen-bond donors (Lipinski definition) is 17. The van der Waals surface area contributed by atoms with Crippen molar-refractivity contribution < 1.29 is 48.3 Å². The molecule has 1 unspecified atom stereocenters. The van der Waals surface area contributed by atoms with Crippen LogP contribution >= 0.6 is 0 Å². The summed E-state index contributed by atoms with van der Waals surface area (Å²) >= 11 is 0. The molecule has 0 aliphatic carbocycles. The molecule has 1 aliphatic rings. The highest BCUT2D eigenvalue weighted by Crippen LogP contribution is 2.20. The zero-order valence-electron chi connectivity index (χ0n) is 43.9. The van der Waals surface area contributed by atoms with Gasteiger partial charge in [0, 0.05) is 62.9 Å². The number of benzene rings is 3. The molecule has 0 bridgehead atoms. The summed E-state index contributed by atoms with van der Waals surface area (Å²) in [5.74, 6) is -8.17. The van der Waals surface area contributed by atoms with Gasteiger partial charge in [-0.3, -0.25) is 54.0 Å². The van der Waals surface area contributed by atoms with Gasteiger partial charge in [-0.15, -0.1) is 0 Å². The summed E-state index contributed by atoms with van der Waals surface area (Å²) < 4.78 is 0. The number of fused-ring (bicyclic) bond motifs is 1. The van der Waals surface area contributed by atoms with Crippen LogP contribution in [0.5, 0.6) is 5.75 Å². The average Bonchev–Trinajstić information content (AvgIpc) is 3.85. The Kier molecular flexibility index (Phi) is 23.4. The third kappa shape index (κ3) is 20.3. The molecular formula is C53H72N16O10. The number of H-pyrrole nitrogens is 1. The van der Waals surface area contributed by atoms with Gasteiger partial charge in [0.15, 0.2) is 11.9 Å².